The van der Waals surface area contributed by atoms with E-state index >= 15 is 0 Å². The van der Waals surface area contributed by atoms with Gasteiger partial charge in [0.15, 0.2) is 0 Å². The van der Waals surface area contributed by atoms with Gasteiger partial charge in [0.2, 0.25) is 0 Å². The Labute approximate surface area is 106 Å². The second-order valence-electron chi connectivity index (χ2n) is 2.82. The van der Waals surface area contributed by atoms with E-state index in [1.54, 1.807) is 0 Å². The van der Waals surface area contributed by atoms with E-state index in [0.717, 1.165) is 12.1 Å². The molecule has 17 heavy (non-hydrogen) atoms. The molecule has 0 fully saturated rings. The fraction of sp³-hybridized carbons (Fsp3) is 0. The third-order valence-electron chi connectivity index (χ3n) is 1.76. The molecular formula is C9H3F2LiN2O3. The van der Waals surface area contributed by atoms with Crippen LogP contribution in [0.5, 0.6) is 0 Å². The van der Waals surface area contributed by atoms with Crippen LogP contribution in [0.4, 0.5) is 8.78 Å². The maximum Gasteiger partial charge on any atom is 1.00 e. The molecule has 0 spiro atoms. The summed E-state index contributed by atoms with van der Waals surface area (Å²) in [6.45, 7) is 0. The van der Waals surface area contributed by atoms with Gasteiger partial charge in [0.1, 0.15) is 17.6 Å². The third kappa shape index (κ3) is 2.70. The van der Waals surface area contributed by atoms with E-state index in [-0.39, 0.29) is 30.3 Å². The molecule has 0 radical (unpaired) electrons. The fourth-order valence-corrected chi connectivity index (χ4v) is 1.08. The molecule has 2 aromatic rings. The molecule has 0 unspecified atom stereocenters. The zero-order valence-electron chi connectivity index (χ0n) is 8.61. The molecule has 1 aromatic heterocycles. The minimum atomic E-state index is -1.67. The average Bonchev–Trinajstić information content (AvgIpc) is 2.66. The smallest absolute Gasteiger partial charge is 0.540 e. The number of nitrogens with zero attached hydrogens (tertiary/aromatic N) is 2. The van der Waals surface area contributed by atoms with E-state index in [2.05, 4.69) is 14.6 Å². The molecule has 0 aliphatic heterocycles. The summed E-state index contributed by atoms with van der Waals surface area (Å²) < 4.78 is 30.4. The molecule has 0 aliphatic rings. The normalized spacial score (nSPS) is 9.76. The monoisotopic (exact) mass is 232 g/mol. The summed E-state index contributed by atoms with van der Waals surface area (Å²) in [6, 6.07) is 2.68. The first kappa shape index (κ1) is 13.4. The molecule has 1 aromatic carbocycles. The molecule has 0 N–H and O–H groups in total. The number of hydrogen-bond donors (Lipinski definition) is 0. The van der Waals surface area contributed by atoms with Gasteiger partial charge in [-0.1, -0.05) is 0 Å². The molecule has 0 amide bonds. The van der Waals surface area contributed by atoms with Gasteiger partial charge in [0.05, 0.1) is 5.56 Å². The van der Waals surface area contributed by atoms with Crippen molar-refractivity contribution in [1.82, 2.24) is 10.2 Å². The Morgan fingerprint density at radius 1 is 1.29 bits per heavy atom. The summed E-state index contributed by atoms with van der Waals surface area (Å²) in [5.41, 5.74) is -0.179. The number of benzene rings is 1. The fourth-order valence-electron chi connectivity index (χ4n) is 1.08. The summed E-state index contributed by atoms with van der Waals surface area (Å²) >= 11 is 0. The SMILES string of the molecule is O=C([O-])c1nnc(-c2ccc(F)cc2F)o1.[Li+]. The van der Waals surface area contributed by atoms with Gasteiger partial charge in [-0.2, -0.15) is 0 Å². The van der Waals surface area contributed by atoms with Crippen LogP contribution in [-0.2, 0) is 0 Å². The number of halogens is 2. The standard InChI is InChI=1S/C9H4F2N2O3.Li/c10-4-1-2-5(6(11)3-4)7-12-13-8(16-7)9(14)15;/h1-3H,(H,14,15);/q;+1/p-1. The number of rotatable bonds is 2. The zero-order chi connectivity index (χ0) is 11.7. The van der Waals surface area contributed by atoms with Gasteiger partial charge < -0.3 is 14.3 Å². The van der Waals surface area contributed by atoms with Crippen LogP contribution in [0.1, 0.15) is 10.7 Å². The molecule has 0 atom stereocenters. The van der Waals surface area contributed by atoms with Crippen LogP contribution in [0.2, 0.25) is 0 Å². The van der Waals surface area contributed by atoms with E-state index in [9.17, 15) is 18.7 Å². The predicted molar refractivity (Wildman–Crippen MR) is 44.0 cm³/mol. The topological polar surface area (TPSA) is 79.0 Å². The molecule has 1 heterocycles. The van der Waals surface area contributed by atoms with Crippen LogP contribution in [0.25, 0.3) is 11.5 Å². The van der Waals surface area contributed by atoms with Crippen molar-refractivity contribution in [1.29, 1.82) is 0 Å². The maximum atomic E-state index is 13.2. The van der Waals surface area contributed by atoms with Gasteiger partial charge in [-0.05, 0) is 12.1 Å². The number of carboxylic acids is 1. The summed E-state index contributed by atoms with van der Waals surface area (Å²) in [6.07, 6.45) is 0. The molecule has 0 aliphatic carbocycles. The predicted octanol–water partition coefficient (Wildman–Crippen LogP) is -2.62. The van der Waals surface area contributed by atoms with Crippen molar-refractivity contribution in [2.75, 3.05) is 0 Å². The van der Waals surface area contributed by atoms with Gasteiger partial charge in [0, 0.05) is 6.07 Å². The number of aromatic nitrogens is 2. The number of hydrogen-bond acceptors (Lipinski definition) is 5. The molecule has 5 nitrogen and oxygen atoms in total. The van der Waals surface area contributed by atoms with Crippen molar-refractivity contribution in [2.24, 2.45) is 0 Å². The van der Waals surface area contributed by atoms with Gasteiger partial charge in [-0.3, -0.25) is 0 Å². The summed E-state index contributed by atoms with van der Waals surface area (Å²) in [5, 5.41) is 16.7. The van der Waals surface area contributed by atoms with E-state index in [1.807, 2.05) is 0 Å². The summed E-state index contributed by atoms with van der Waals surface area (Å²) in [4.78, 5) is 10.3. The second kappa shape index (κ2) is 5.08. The molecule has 0 bridgehead atoms. The van der Waals surface area contributed by atoms with Crippen LogP contribution >= 0.6 is 0 Å². The molecule has 82 valence electrons. The Kier molecular flexibility index (Phi) is 3.99. The Morgan fingerprint density at radius 2 is 2.00 bits per heavy atom. The van der Waals surface area contributed by atoms with Gasteiger partial charge in [-0.15, -0.1) is 10.2 Å². The minimum Gasteiger partial charge on any atom is -0.540 e. The number of carboxylic acid groups (broad SMARTS) is 1. The minimum absolute atomic E-state index is 0. The van der Waals surface area contributed by atoms with E-state index < -0.39 is 23.5 Å². The van der Waals surface area contributed by atoms with Gasteiger partial charge >= 0.3 is 18.9 Å². The largest absolute Gasteiger partial charge is 1.00 e. The van der Waals surface area contributed by atoms with Crippen molar-refractivity contribution in [3.63, 3.8) is 0 Å². The first-order valence-corrected chi connectivity index (χ1v) is 4.08. The quantitative estimate of drug-likeness (QED) is 0.530. The third-order valence-corrected chi connectivity index (χ3v) is 1.76. The molecule has 0 saturated carbocycles. The van der Waals surface area contributed by atoms with Crippen LogP contribution in [0.15, 0.2) is 22.6 Å². The van der Waals surface area contributed by atoms with Crippen LogP contribution in [-0.4, -0.2) is 16.2 Å². The zero-order valence-corrected chi connectivity index (χ0v) is 8.61. The number of carbonyl (C=O) groups is 1. The van der Waals surface area contributed by atoms with E-state index in [1.165, 1.54) is 0 Å². The summed E-state index contributed by atoms with van der Waals surface area (Å²) in [5.74, 6) is -4.47. The Hall–Kier alpha value is -1.71. The van der Waals surface area contributed by atoms with Crippen LogP contribution < -0.4 is 24.0 Å². The van der Waals surface area contributed by atoms with Gasteiger partial charge in [-0.25, -0.2) is 8.78 Å². The van der Waals surface area contributed by atoms with Crippen LogP contribution in [0, 0.1) is 11.6 Å². The molecular weight excluding hydrogens is 229 g/mol. The van der Waals surface area contributed by atoms with Crippen molar-refractivity contribution < 1.29 is 42.0 Å². The Morgan fingerprint density at radius 3 is 2.53 bits per heavy atom. The Bertz CT molecular complexity index is 559. The van der Waals surface area contributed by atoms with Crippen molar-refractivity contribution >= 4 is 5.97 Å². The second-order valence-corrected chi connectivity index (χ2v) is 2.82. The Balaban J connectivity index is 0.00000144. The molecule has 8 heteroatoms. The van der Waals surface area contributed by atoms with Crippen LogP contribution in [0.3, 0.4) is 0 Å². The van der Waals surface area contributed by atoms with Crippen molar-refractivity contribution in [3.05, 3.63) is 35.7 Å². The molecule has 2 rings (SSSR count). The van der Waals surface area contributed by atoms with Crippen molar-refractivity contribution in [2.45, 2.75) is 0 Å². The first-order valence-electron chi connectivity index (χ1n) is 4.08. The summed E-state index contributed by atoms with van der Waals surface area (Å²) in [7, 11) is 0. The number of carbonyl (C=O) groups excluding carboxylic acids is 1. The van der Waals surface area contributed by atoms with E-state index in [4.69, 9.17) is 0 Å². The average molecular weight is 232 g/mol. The van der Waals surface area contributed by atoms with Gasteiger partial charge in [0.25, 0.3) is 11.8 Å². The maximum absolute atomic E-state index is 13.2. The first-order chi connectivity index (χ1) is 7.58. The number of aromatic carboxylic acids is 1. The van der Waals surface area contributed by atoms with Crippen molar-refractivity contribution in [3.8, 4) is 11.5 Å². The molecule has 0 saturated heterocycles. The van der Waals surface area contributed by atoms with E-state index in [0.29, 0.717) is 6.07 Å².